The normalized spacial score (nSPS) is 12.8. The zero-order chi connectivity index (χ0) is 76.4. The maximum Gasteiger partial charge on any atom is 0.103 e. The molecule has 0 radical (unpaired) electrons. The van der Waals surface area contributed by atoms with Gasteiger partial charge in [-0.25, -0.2) is 0 Å². The Balaban J connectivity index is 0.000000372. The summed E-state index contributed by atoms with van der Waals surface area (Å²) < 4.78 is 21.7. The van der Waals surface area contributed by atoms with Crippen LogP contribution in [0, 0.1) is 187 Å². The van der Waals surface area contributed by atoms with Crippen molar-refractivity contribution < 1.29 is 8.83 Å². The molecule has 0 saturated carbocycles. The molecule has 0 saturated heterocycles. The van der Waals surface area contributed by atoms with E-state index in [1.807, 2.05) is 63.4 Å². The van der Waals surface area contributed by atoms with Crippen molar-refractivity contribution >= 4 is 78.7 Å². The first-order valence-corrected chi connectivity index (χ1v) is 46.4. The zero-order valence-corrected chi connectivity index (χ0v) is 76.9. The molecule has 99 heavy (non-hydrogen) atoms. The number of furan rings is 2. The van der Waals surface area contributed by atoms with Gasteiger partial charge in [-0.1, -0.05) is 70.3 Å². The van der Waals surface area contributed by atoms with Crippen molar-refractivity contribution in [2.45, 2.75) is 255 Å². The third-order valence-electron chi connectivity index (χ3n) is 21.1. The van der Waals surface area contributed by atoms with Crippen molar-refractivity contribution in [1.29, 1.82) is 0 Å². The predicted molar refractivity (Wildman–Crippen MR) is 454 cm³/mol. The Morgan fingerprint density at radius 3 is 1.22 bits per heavy atom. The number of nitrogens with zero attached hydrogens (tertiary/aromatic N) is 3. The molecular formula is C88H133N3O2S2Se2Si2. The summed E-state index contributed by atoms with van der Waals surface area (Å²) in [6, 6.07) is 15.5. The van der Waals surface area contributed by atoms with Crippen LogP contribution in [-0.4, -0.2) is 58.9 Å². The van der Waals surface area contributed by atoms with Crippen LogP contribution >= 0.6 is 22.7 Å². The minimum Gasteiger partial charge on any atom is -0.469 e. The number of fused-ring (bicyclic) bond motifs is 1. The Morgan fingerprint density at radius 2 is 1.03 bits per heavy atom. The van der Waals surface area contributed by atoms with Gasteiger partial charge in [0, 0.05) is 75.6 Å². The van der Waals surface area contributed by atoms with Crippen molar-refractivity contribution in [3.8, 4) is 0 Å². The van der Waals surface area contributed by atoms with Crippen molar-refractivity contribution in [1.82, 2.24) is 13.7 Å². The van der Waals surface area contributed by atoms with Crippen LogP contribution in [0.15, 0.2) is 118 Å². The average Bonchev–Trinajstić information content (AvgIpc) is 1.67. The summed E-state index contributed by atoms with van der Waals surface area (Å²) in [6.45, 7) is 80.7. The maximum absolute atomic E-state index is 5.21. The molecule has 9 aromatic heterocycles. The van der Waals surface area contributed by atoms with E-state index in [-0.39, 0.29) is 0 Å². The average molecular weight is 1540 g/mol. The molecule has 0 atom stereocenters. The number of benzene rings is 1. The van der Waals surface area contributed by atoms with Gasteiger partial charge in [0.25, 0.3) is 0 Å². The molecule has 2 aliphatic rings. The molecule has 0 spiro atoms. The van der Waals surface area contributed by atoms with Crippen LogP contribution in [0.4, 0.5) is 0 Å². The maximum atomic E-state index is 5.21. The second-order valence-electron chi connectivity index (χ2n) is 29.2. The van der Waals surface area contributed by atoms with Crippen LogP contribution in [-0.2, 0) is 21.1 Å². The van der Waals surface area contributed by atoms with Gasteiger partial charge in [0.1, 0.15) is 25.4 Å². The first kappa shape index (κ1) is 89.8. The zero-order valence-electron chi connectivity index (χ0n) is 69.8. The van der Waals surface area contributed by atoms with Crippen LogP contribution in [0.25, 0.3) is 10.9 Å². The number of hydrogen-bond donors (Lipinski definition) is 0. The van der Waals surface area contributed by atoms with Gasteiger partial charge in [-0.3, -0.25) is 0 Å². The van der Waals surface area contributed by atoms with Crippen LogP contribution in [0.2, 0.25) is 26.2 Å². The van der Waals surface area contributed by atoms with Crippen LogP contribution in [0.5, 0.6) is 0 Å². The van der Waals surface area contributed by atoms with E-state index < -0.39 is 16.1 Å². The van der Waals surface area contributed by atoms with Crippen LogP contribution in [0.3, 0.4) is 0 Å². The summed E-state index contributed by atoms with van der Waals surface area (Å²) in [7, 11) is 4.17. The SMILES string of the molecule is CC1=CC(C)=C(C)[Si]1(C)C.CC1=C[Si](C)(C)C(C)=C1C.Cc1c[se]c(C)c1C.Cc1cc(C)c(C)[se]1.Cc1cc(C)c(C)o1.Cc1cc(C)c(C)s1.Cc1cc(C)n(C)c1C.Cc1cc2cc(C)n(C)c2cc1C.Cc1cn(C)c(C)c1C.Cc1coc(C)c1C.Cc1csc(C)c1C. The standard InChI is InChI=1S/C12H15N.2C9H16Si.2C8H13N.2C7H10O.2C7H10S.2C7H10Se/c1-8-5-11-7-10(3)13(4)12(11)6-9(8)2;1-7-6-10(4,5)9(3)8(7)2;1-7-6-8(2)10(4,5)9(7)3;1-6-5-9(4)8(3)7(6)2;1-6-5-7(2)9(4)8(6)3;1-5-4-8-7(3)6(5)2;1-5-4-6(2)8-7(5)3;1-5-4-8-7(3)6(5)2;1-5-4-6(2)8-7(5)3;1-5-4-8-7(3)6(5)2;1-5-4-6(2)8-7(5)3/h5-7H,1-4H3;2*6H,1-5H3;2*5H,1-4H3;6*4H,1-3H3. The number of hydrogen-bond acceptors (Lipinski definition) is 4. The number of aromatic nitrogens is 3. The molecule has 0 N–H and O–H groups in total. The first-order chi connectivity index (χ1) is 45.5. The summed E-state index contributed by atoms with van der Waals surface area (Å²) in [5, 5.41) is 8.49. The molecule has 10 aromatic rings. The van der Waals surface area contributed by atoms with Gasteiger partial charge < -0.3 is 22.5 Å². The minimum atomic E-state index is -1.07. The molecule has 12 rings (SSSR count). The van der Waals surface area contributed by atoms with E-state index in [1.165, 1.54) is 143 Å². The number of allylic oxidation sites excluding steroid dienone is 7. The van der Waals surface area contributed by atoms with Gasteiger partial charge in [0.15, 0.2) is 0 Å². The molecule has 2 aliphatic heterocycles. The first-order valence-electron chi connectivity index (χ1n) is 35.1. The number of thiophene rings is 2. The minimum absolute atomic E-state index is 0.689. The smallest absolute Gasteiger partial charge is 0.103 e. The predicted octanol–water partition coefficient (Wildman–Crippen LogP) is 26.2. The second kappa shape index (κ2) is 39.9. The van der Waals surface area contributed by atoms with E-state index in [9.17, 15) is 0 Å². The Kier molecular flexibility index (Phi) is 36.2. The molecular weight excluding hydrogens is 1410 g/mol. The quantitative estimate of drug-likeness (QED) is 0.142. The molecule has 0 unspecified atom stereocenters. The summed E-state index contributed by atoms with van der Waals surface area (Å²) in [5.41, 5.74) is 33.2. The summed E-state index contributed by atoms with van der Waals surface area (Å²) in [4.78, 5) is 6.66. The monoisotopic (exact) mass is 1540 g/mol. The third kappa shape index (κ3) is 26.8. The molecule has 0 aliphatic carbocycles. The molecule has 0 fully saturated rings. The van der Waals surface area contributed by atoms with Gasteiger partial charge >= 0.3 is 112 Å². The molecule has 1 aromatic carbocycles. The third-order valence-corrected chi connectivity index (χ3v) is 35.7. The molecule has 0 bridgehead atoms. The fourth-order valence-corrected chi connectivity index (χ4v) is 21.4. The van der Waals surface area contributed by atoms with E-state index in [0.29, 0.717) is 29.0 Å². The van der Waals surface area contributed by atoms with Crippen molar-refractivity contribution in [3.63, 3.8) is 0 Å². The molecule has 0 amide bonds. The summed E-state index contributed by atoms with van der Waals surface area (Å²) in [5.74, 6) is 3.06. The number of rotatable bonds is 0. The topological polar surface area (TPSA) is 41.1 Å². The summed E-state index contributed by atoms with van der Waals surface area (Å²) in [6.07, 6.45) is 6.29. The van der Waals surface area contributed by atoms with E-state index in [0.717, 1.165) is 17.3 Å². The van der Waals surface area contributed by atoms with E-state index in [2.05, 4.69) is 320 Å². The van der Waals surface area contributed by atoms with Crippen molar-refractivity contribution in [3.05, 3.63) is 255 Å². The second-order valence-corrected chi connectivity index (χ2v) is 46.4. The Hall–Kier alpha value is -5.33. The van der Waals surface area contributed by atoms with Crippen LogP contribution in [0.1, 0.15) is 187 Å². The largest absolute Gasteiger partial charge is 0.469 e. The molecule has 11 heteroatoms. The van der Waals surface area contributed by atoms with E-state index >= 15 is 0 Å². The van der Waals surface area contributed by atoms with Gasteiger partial charge in [-0.05, 0) is 290 Å². The number of aryl methyl sites for hydroxylation is 23. The molecule has 11 heterocycles. The fourth-order valence-electron chi connectivity index (χ4n) is 10.9. The Labute approximate surface area is 627 Å². The van der Waals surface area contributed by atoms with Crippen molar-refractivity contribution in [2.24, 2.45) is 21.1 Å². The van der Waals surface area contributed by atoms with Gasteiger partial charge in [-0.2, -0.15) is 0 Å². The summed E-state index contributed by atoms with van der Waals surface area (Å²) >= 11 is 5.09. The molecule has 5 nitrogen and oxygen atoms in total. The van der Waals surface area contributed by atoms with Crippen LogP contribution < -0.4 is 0 Å². The van der Waals surface area contributed by atoms with Crippen molar-refractivity contribution in [2.75, 3.05) is 0 Å². The van der Waals surface area contributed by atoms with Gasteiger partial charge in [0.2, 0.25) is 0 Å². The Morgan fingerprint density at radius 1 is 0.455 bits per heavy atom. The fraction of sp³-hybridized carbons (Fsp3) is 0.455. The van der Waals surface area contributed by atoms with Gasteiger partial charge in [-0.15, -0.1) is 22.7 Å². The Bertz CT molecular complexity index is 3960. The molecule has 544 valence electrons. The van der Waals surface area contributed by atoms with E-state index in [1.54, 1.807) is 35.2 Å². The van der Waals surface area contributed by atoms with Gasteiger partial charge in [0.05, 0.1) is 14.3 Å². The van der Waals surface area contributed by atoms with E-state index in [4.69, 9.17) is 8.83 Å².